The molecule has 0 aliphatic heterocycles. The van der Waals surface area contributed by atoms with Crippen LogP contribution in [0.1, 0.15) is 32.1 Å². The van der Waals surface area contributed by atoms with Crippen molar-refractivity contribution in [2.75, 3.05) is 19.3 Å². The van der Waals surface area contributed by atoms with Gasteiger partial charge in [-0.25, -0.2) is 0 Å². The summed E-state index contributed by atoms with van der Waals surface area (Å²) in [5, 5.41) is 11.9. The number of hydrogen-bond acceptors (Lipinski definition) is 4. The van der Waals surface area contributed by atoms with Crippen LogP contribution < -0.4 is 11.1 Å². The summed E-state index contributed by atoms with van der Waals surface area (Å²) in [7, 11) is 0. The zero-order chi connectivity index (χ0) is 12.0. The average Bonchev–Trinajstić information content (AvgIpc) is 2.30. The van der Waals surface area contributed by atoms with E-state index < -0.39 is 12.0 Å². The van der Waals surface area contributed by atoms with Gasteiger partial charge in [0.1, 0.15) is 6.04 Å². The van der Waals surface area contributed by atoms with Gasteiger partial charge < -0.3 is 16.2 Å². The van der Waals surface area contributed by atoms with Crippen molar-refractivity contribution < 1.29 is 9.90 Å². The van der Waals surface area contributed by atoms with Crippen molar-refractivity contribution in [3.05, 3.63) is 0 Å². The van der Waals surface area contributed by atoms with E-state index in [1.54, 1.807) is 0 Å². The molecule has 94 valence electrons. The first kappa shape index (κ1) is 13.8. The minimum atomic E-state index is -0.936. The van der Waals surface area contributed by atoms with Gasteiger partial charge in [0.15, 0.2) is 0 Å². The van der Waals surface area contributed by atoms with Gasteiger partial charge in [-0.1, -0.05) is 19.3 Å². The highest BCUT2D eigenvalue weighted by Crippen LogP contribution is 2.37. The summed E-state index contributed by atoms with van der Waals surface area (Å²) in [4.78, 5) is 10.6. The van der Waals surface area contributed by atoms with E-state index in [-0.39, 0.29) is 0 Å². The maximum absolute atomic E-state index is 10.6. The van der Waals surface area contributed by atoms with Crippen molar-refractivity contribution in [1.29, 1.82) is 0 Å². The van der Waals surface area contributed by atoms with Gasteiger partial charge in [0.25, 0.3) is 0 Å². The highest BCUT2D eigenvalue weighted by atomic mass is 32.2. The van der Waals surface area contributed by atoms with Gasteiger partial charge in [0.2, 0.25) is 0 Å². The van der Waals surface area contributed by atoms with Gasteiger partial charge in [0, 0.05) is 17.8 Å². The Morgan fingerprint density at radius 2 is 2.12 bits per heavy atom. The molecule has 0 radical (unpaired) electrons. The van der Waals surface area contributed by atoms with E-state index in [4.69, 9.17) is 10.8 Å². The fraction of sp³-hybridized carbons (Fsp3) is 0.909. The normalized spacial score (nSPS) is 21.6. The molecule has 1 unspecified atom stereocenters. The van der Waals surface area contributed by atoms with E-state index in [1.807, 2.05) is 11.8 Å². The van der Waals surface area contributed by atoms with Crippen LogP contribution in [0.15, 0.2) is 0 Å². The van der Waals surface area contributed by atoms with Crippen LogP contribution in [0.5, 0.6) is 0 Å². The van der Waals surface area contributed by atoms with Crippen LogP contribution in [0.2, 0.25) is 0 Å². The minimum absolute atomic E-state index is 0.302. The maximum atomic E-state index is 10.6. The number of carbonyl (C=O) groups is 1. The van der Waals surface area contributed by atoms with Gasteiger partial charge in [-0.15, -0.1) is 0 Å². The molecule has 1 rings (SSSR count). The average molecular weight is 246 g/mol. The molecule has 1 aliphatic carbocycles. The third kappa shape index (κ3) is 3.96. The summed E-state index contributed by atoms with van der Waals surface area (Å²) in [5.74, 6) is -0.936. The number of carboxylic acid groups (broad SMARTS) is 1. The van der Waals surface area contributed by atoms with Gasteiger partial charge in [-0.3, -0.25) is 4.79 Å². The van der Waals surface area contributed by atoms with Gasteiger partial charge in [-0.05, 0) is 19.1 Å². The maximum Gasteiger partial charge on any atom is 0.321 e. The van der Waals surface area contributed by atoms with E-state index in [0.29, 0.717) is 11.3 Å². The van der Waals surface area contributed by atoms with Crippen LogP contribution in [-0.2, 0) is 4.79 Å². The number of carboxylic acids is 1. The second-order valence-corrected chi connectivity index (χ2v) is 5.80. The second kappa shape index (κ2) is 6.47. The minimum Gasteiger partial charge on any atom is -0.480 e. The Balaban J connectivity index is 2.31. The van der Waals surface area contributed by atoms with Crippen LogP contribution in [0.25, 0.3) is 0 Å². The number of aliphatic carboxylic acids is 1. The Bertz CT molecular complexity index is 230. The van der Waals surface area contributed by atoms with E-state index in [2.05, 4.69) is 11.6 Å². The molecule has 0 aromatic carbocycles. The third-order valence-electron chi connectivity index (χ3n) is 3.33. The summed E-state index contributed by atoms with van der Waals surface area (Å²) in [6, 6.07) is -0.789. The van der Waals surface area contributed by atoms with E-state index in [0.717, 1.165) is 6.54 Å². The molecule has 0 aromatic rings. The predicted octanol–water partition coefficient (Wildman–Crippen LogP) is 1.05. The molecule has 0 spiro atoms. The molecule has 1 fully saturated rings. The van der Waals surface area contributed by atoms with Crippen LogP contribution >= 0.6 is 11.8 Å². The number of nitrogens with one attached hydrogen (secondary N) is 1. The smallest absolute Gasteiger partial charge is 0.321 e. The quantitative estimate of drug-likeness (QED) is 0.653. The SMILES string of the molecule is CSC1(CNCC(N)C(=O)O)CCCCC1. The Morgan fingerprint density at radius 3 is 2.62 bits per heavy atom. The Labute approximate surface area is 101 Å². The number of hydrogen-bond donors (Lipinski definition) is 3. The van der Waals surface area contributed by atoms with Crippen LogP contribution in [0.4, 0.5) is 0 Å². The molecule has 1 atom stereocenters. The highest BCUT2D eigenvalue weighted by Gasteiger charge is 2.30. The first-order valence-electron chi connectivity index (χ1n) is 5.84. The van der Waals surface area contributed by atoms with Crippen molar-refractivity contribution in [3.8, 4) is 0 Å². The highest BCUT2D eigenvalue weighted by molar-refractivity contribution is 8.00. The lowest BCUT2D eigenvalue weighted by molar-refractivity contribution is -0.138. The Morgan fingerprint density at radius 1 is 1.50 bits per heavy atom. The number of nitrogens with two attached hydrogens (primary N) is 1. The molecule has 4 N–H and O–H groups in total. The predicted molar refractivity (Wildman–Crippen MR) is 67.8 cm³/mol. The monoisotopic (exact) mass is 246 g/mol. The van der Waals surface area contributed by atoms with Crippen molar-refractivity contribution in [3.63, 3.8) is 0 Å². The molecule has 16 heavy (non-hydrogen) atoms. The summed E-state index contributed by atoms with van der Waals surface area (Å²) >= 11 is 1.90. The molecule has 0 aromatic heterocycles. The molecular weight excluding hydrogens is 224 g/mol. The van der Waals surface area contributed by atoms with E-state index in [1.165, 1.54) is 32.1 Å². The Kier molecular flexibility index (Phi) is 5.58. The summed E-state index contributed by atoms with van der Waals surface area (Å²) in [6.07, 6.45) is 8.50. The molecule has 1 aliphatic rings. The molecule has 1 saturated carbocycles. The number of rotatable bonds is 6. The van der Waals surface area contributed by atoms with Crippen molar-refractivity contribution in [1.82, 2.24) is 5.32 Å². The first-order chi connectivity index (χ1) is 7.59. The number of thioether (sulfide) groups is 1. The molecule has 0 saturated heterocycles. The van der Waals surface area contributed by atoms with Gasteiger partial charge >= 0.3 is 5.97 Å². The lowest BCUT2D eigenvalue weighted by Gasteiger charge is -2.36. The summed E-state index contributed by atoms with van der Waals surface area (Å²) in [6.45, 7) is 1.23. The van der Waals surface area contributed by atoms with Crippen LogP contribution in [-0.4, -0.2) is 41.2 Å². The van der Waals surface area contributed by atoms with Gasteiger partial charge in [-0.2, -0.15) is 11.8 Å². The topological polar surface area (TPSA) is 75.3 Å². The molecule has 0 amide bonds. The van der Waals surface area contributed by atoms with E-state index in [9.17, 15) is 4.79 Å². The molecule has 4 nitrogen and oxygen atoms in total. The van der Waals surface area contributed by atoms with Crippen LogP contribution in [0, 0.1) is 0 Å². The van der Waals surface area contributed by atoms with E-state index >= 15 is 0 Å². The van der Waals surface area contributed by atoms with Gasteiger partial charge in [0.05, 0.1) is 0 Å². The lowest BCUT2D eigenvalue weighted by atomic mass is 9.88. The lowest BCUT2D eigenvalue weighted by Crippen LogP contribution is -2.46. The fourth-order valence-corrected chi connectivity index (χ4v) is 3.14. The third-order valence-corrected chi connectivity index (χ3v) is 4.75. The van der Waals surface area contributed by atoms with Crippen molar-refractivity contribution in [2.24, 2.45) is 5.73 Å². The van der Waals surface area contributed by atoms with Crippen LogP contribution in [0.3, 0.4) is 0 Å². The largest absolute Gasteiger partial charge is 0.480 e. The summed E-state index contributed by atoms with van der Waals surface area (Å²) < 4.78 is 0.302. The standard InChI is InChI=1S/C11H22N2O2S/c1-16-11(5-3-2-4-6-11)8-13-7-9(12)10(14)15/h9,13H,2-8,12H2,1H3,(H,14,15). The fourth-order valence-electron chi connectivity index (χ4n) is 2.19. The first-order valence-corrected chi connectivity index (χ1v) is 7.06. The molecule has 5 heteroatoms. The summed E-state index contributed by atoms with van der Waals surface area (Å²) in [5.41, 5.74) is 5.45. The Hall–Kier alpha value is -0.260. The zero-order valence-corrected chi connectivity index (χ0v) is 10.7. The molecular formula is C11H22N2O2S. The molecule has 0 heterocycles. The van der Waals surface area contributed by atoms with Crippen molar-refractivity contribution in [2.45, 2.75) is 42.9 Å². The second-order valence-electron chi connectivity index (χ2n) is 4.52. The zero-order valence-electron chi connectivity index (χ0n) is 9.87. The van der Waals surface area contributed by atoms with Crippen molar-refractivity contribution >= 4 is 17.7 Å². The molecule has 0 bridgehead atoms.